The van der Waals surface area contributed by atoms with Crippen LogP contribution in [0.15, 0.2) is 0 Å². The molecule has 3 heteroatoms. The van der Waals surface area contributed by atoms with Crippen LogP contribution in [0.1, 0.15) is 6.92 Å². The summed E-state index contributed by atoms with van der Waals surface area (Å²) in [5, 5.41) is 0. The van der Waals surface area contributed by atoms with Crippen molar-refractivity contribution in [2.75, 3.05) is 7.11 Å². The van der Waals surface area contributed by atoms with E-state index in [2.05, 4.69) is 0 Å². The van der Waals surface area contributed by atoms with Crippen LogP contribution in [0.3, 0.4) is 0 Å². The van der Waals surface area contributed by atoms with Crippen LogP contribution >= 0.6 is 0 Å². The molecular weight excluding hydrogens is 132 g/mol. The van der Waals surface area contributed by atoms with E-state index in [9.17, 15) is 4.79 Å². The van der Waals surface area contributed by atoms with E-state index in [-0.39, 0.29) is 5.54 Å². The van der Waals surface area contributed by atoms with E-state index in [1.165, 1.54) is 0 Å². The zero-order valence-corrected chi connectivity index (χ0v) is 7.47. The van der Waals surface area contributed by atoms with Gasteiger partial charge in [0.1, 0.15) is 6.29 Å². The molecule has 9 heavy (non-hydrogen) atoms. The van der Waals surface area contributed by atoms with Crippen LogP contribution < -0.4 is 0 Å². The topological polar surface area (TPSA) is 26.3 Å². The maximum absolute atomic E-state index is 10.3. The Balaban J connectivity index is 3.95. The predicted octanol–water partition coefficient (Wildman–Crippen LogP) is 1.43. The number of rotatable bonds is 3. The molecule has 0 fully saturated rings. The van der Waals surface area contributed by atoms with Gasteiger partial charge in [0.25, 0.3) is 0 Å². The summed E-state index contributed by atoms with van der Waals surface area (Å²) in [5.74, 6) is 0. The van der Waals surface area contributed by atoms with Crippen molar-refractivity contribution in [1.29, 1.82) is 0 Å². The maximum Gasteiger partial charge on any atom is 0.195 e. The van der Waals surface area contributed by atoms with Crippen molar-refractivity contribution in [1.82, 2.24) is 0 Å². The molecule has 0 spiro atoms. The Kier molecular flexibility index (Phi) is 3.07. The Morgan fingerprint density at radius 2 is 2.00 bits per heavy atom. The SMILES string of the molecule is CO[Si](C)(C)C(C)C=O. The monoisotopic (exact) mass is 146 g/mol. The molecule has 2 nitrogen and oxygen atoms in total. The van der Waals surface area contributed by atoms with Gasteiger partial charge in [-0.1, -0.05) is 6.92 Å². The highest BCUT2D eigenvalue weighted by molar-refractivity contribution is 6.75. The van der Waals surface area contributed by atoms with E-state index in [0.717, 1.165) is 6.29 Å². The standard InChI is InChI=1S/C6H14O2Si/c1-6(5-7)9(3,4)8-2/h5-6H,1-4H3. The normalized spacial score (nSPS) is 15.1. The lowest BCUT2D eigenvalue weighted by molar-refractivity contribution is -0.107. The molecule has 0 rings (SSSR count). The van der Waals surface area contributed by atoms with Crippen molar-refractivity contribution in [2.45, 2.75) is 25.6 Å². The smallest absolute Gasteiger partial charge is 0.195 e. The van der Waals surface area contributed by atoms with Crippen molar-refractivity contribution >= 4 is 14.6 Å². The number of aldehydes is 1. The third-order valence-corrected chi connectivity index (χ3v) is 5.21. The molecule has 0 bridgehead atoms. The molecule has 1 unspecified atom stereocenters. The highest BCUT2D eigenvalue weighted by atomic mass is 28.4. The fourth-order valence-electron chi connectivity index (χ4n) is 0.350. The molecule has 1 atom stereocenters. The van der Waals surface area contributed by atoms with E-state index >= 15 is 0 Å². The van der Waals surface area contributed by atoms with Gasteiger partial charge < -0.3 is 9.22 Å². The molecule has 0 saturated heterocycles. The minimum atomic E-state index is -1.65. The Morgan fingerprint density at radius 1 is 1.56 bits per heavy atom. The van der Waals surface area contributed by atoms with Gasteiger partial charge in [0, 0.05) is 12.7 Å². The van der Waals surface area contributed by atoms with Crippen LogP contribution in [0.25, 0.3) is 0 Å². The second kappa shape index (κ2) is 3.13. The molecule has 0 aromatic heterocycles. The molecule has 0 aromatic carbocycles. The van der Waals surface area contributed by atoms with Gasteiger partial charge in [0.15, 0.2) is 8.32 Å². The molecule has 0 heterocycles. The number of hydrogen-bond donors (Lipinski definition) is 0. The molecule has 0 saturated carbocycles. The maximum atomic E-state index is 10.3. The third-order valence-electron chi connectivity index (χ3n) is 1.83. The third kappa shape index (κ3) is 2.28. The fourth-order valence-corrected chi connectivity index (χ4v) is 1.05. The van der Waals surface area contributed by atoms with Crippen LogP contribution in [0.2, 0.25) is 18.6 Å². The van der Waals surface area contributed by atoms with Crippen molar-refractivity contribution in [3.8, 4) is 0 Å². The summed E-state index contributed by atoms with van der Waals surface area (Å²) in [7, 11) is 0.0241. The van der Waals surface area contributed by atoms with E-state index in [4.69, 9.17) is 4.43 Å². The van der Waals surface area contributed by atoms with Crippen molar-refractivity contribution in [2.24, 2.45) is 0 Å². The minimum absolute atomic E-state index is 0.0995. The number of carbonyl (C=O) groups is 1. The highest BCUT2D eigenvalue weighted by Crippen LogP contribution is 2.18. The molecule has 0 radical (unpaired) electrons. The Bertz CT molecular complexity index is 101. The summed E-state index contributed by atoms with van der Waals surface area (Å²) < 4.78 is 5.20. The second-order valence-corrected chi connectivity index (χ2v) is 7.26. The van der Waals surface area contributed by atoms with Crippen molar-refractivity contribution in [3.63, 3.8) is 0 Å². The Morgan fingerprint density at radius 3 is 2.11 bits per heavy atom. The lowest BCUT2D eigenvalue weighted by atomic mass is 10.5. The van der Waals surface area contributed by atoms with Gasteiger partial charge in [-0.25, -0.2) is 0 Å². The lowest BCUT2D eigenvalue weighted by Gasteiger charge is -2.22. The van der Waals surface area contributed by atoms with Gasteiger partial charge in [0.2, 0.25) is 0 Å². The Labute approximate surface area is 57.3 Å². The van der Waals surface area contributed by atoms with E-state index < -0.39 is 8.32 Å². The first kappa shape index (κ1) is 8.85. The van der Waals surface area contributed by atoms with Gasteiger partial charge in [-0.2, -0.15) is 0 Å². The van der Waals surface area contributed by atoms with Crippen molar-refractivity contribution in [3.05, 3.63) is 0 Å². The largest absolute Gasteiger partial charge is 0.420 e. The van der Waals surface area contributed by atoms with Crippen LogP contribution in [-0.4, -0.2) is 21.7 Å². The van der Waals surface area contributed by atoms with Crippen LogP contribution in [-0.2, 0) is 9.22 Å². The molecular formula is C6H14O2Si. The van der Waals surface area contributed by atoms with Crippen LogP contribution in [0.4, 0.5) is 0 Å². The summed E-state index contributed by atoms with van der Waals surface area (Å²) in [5.41, 5.74) is 0.0995. The van der Waals surface area contributed by atoms with E-state index in [1.54, 1.807) is 7.11 Å². The Hall–Kier alpha value is -0.153. The quantitative estimate of drug-likeness (QED) is 0.445. The molecule has 0 N–H and O–H groups in total. The van der Waals surface area contributed by atoms with Gasteiger partial charge in [-0.05, 0) is 13.1 Å². The summed E-state index contributed by atoms with van der Waals surface area (Å²) in [6.07, 6.45) is 0.968. The molecule has 0 aliphatic carbocycles. The molecule has 0 aliphatic rings. The second-order valence-electron chi connectivity index (χ2n) is 2.73. The van der Waals surface area contributed by atoms with Crippen LogP contribution in [0.5, 0.6) is 0 Å². The summed E-state index contributed by atoms with van der Waals surface area (Å²) in [6.45, 7) is 5.97. The predicted molar refractivity (Wildman–Crippen MR) is 40.0 cm³/mol. The van der Waals surface area contributed by atoms with E-state index in [0.29, 0.717) is 0 Å². The van der Waals surface area contributed by atoms with Gasteiger partial charge in [-0.15, -0.1) is 0 Å². The van der Waals surface area contributed by atoms with E-state index in [1.807, 2.05) is 20.0 Å². The zero-order valence-electron chi connectivity index (χ0n) is 6.47. The number of hydrogen-bond acceptors (Lipinski definition) is 2. The molecule has 0 aromatic rings. The highest BCUT2D eigenvalue weighted by Gasteiger charge is 2.28. The summed E-state index contributed by atoms with van der Waals surface area (Å²) in [6, 6.07) is 0. The lowest BCUT2D eigenvalue weighted by Crippen LogP contribution is -2.34. The number of carbonyl (C=O) groups excluding carboxylic acids is 1. The average Bonchev–Trinajstić information content (AvgIpc) is 1.86. The van der Waals surface area contributed by atoms with Gasteiger partial charge >= 0.3 is 0 Å². The van der Waals surface area contributed by atoms with Gasteiger partial charge in [0.05, 0.1) is 0 Å². The van der Waals surface area contributed by atoms with Gasteiger partial charge in [-0.3, -0.25) is 0 Å². The summed E-state index contributed by atoms with van der Waals surface area (Å²) >= 11 is 0. The first-order valence-corrected chi connectivity index (χ1v) is 6.03. The molecule has 0 amide bonds. The van der Waals surface area contributed by atoms with Crippen molar-refractivity contribution < 1.29 is 9.22 Å². The molecule has 54 valence electrons. The minimum Gasteiger partial charge on any atom is -0.420 e. The molecule has 0 aliphatic heterocycles. The zero-order chi connectivity index (χ0) is 7.49. The average molecular weight is 146 g/mol. The first-order chi connectivity index (χ1) is 4.04. The first-order valence-electron chi connectivity index (χ1n) is 3.05. The van der Waals surface area contributed by atoms with Crippen LogP contribution in [0, 0.1) is 0 Å². The fraction of sp³-hybridized carbons (Fsp3) is 0.833. The summed E-state index contributed by atoms with van der Waals surface area (Å²) in [4.78, 5) is 10.3.